The number of nitrogens with zero attached hydrogens (tertiary/aromatic N) is 1. The van der Waals surface area contributed by atoms with E-state index in [0.29, 0.717) is 24.0 Å². The summed E-state index contributed by atoms with van der Waals surface area (Å²) in [5.41, 5.74) is -0.401. The van der Waals surface area contributed by atoms with Crippen molar-refractivity contribution in [2.75, 3.05) is 26.2 Å². The number of carbonyl (C=O) groups excluding carboxylic acids is 1. The predicted molar refractivity (Wildman–Crippen MR) is 75.6 cm³/mol. The Balaban J connectivity index is 1.38. The van der Waals surface area contributed by atoms with Crippen LogP contribution >= 0.6 is 0 Å². The van der Waals surface area contributed by atoms with Gasteiger partial charge in [-0.1, -0.05) is 0 Å². The number of piperidine rings is 1. The Hall–Kier alpha value is -0.810. The maximum Gasteiger partial charge on any atom is 0.410 e. The summed E-state index contributed by atoms with van der Waals surface area (Å²) in [7, 11) is 0. The Kier molecular flexibility index (Phi) is 3.67. The van der Waals surface area contributed by atoms with Crippen molar-refractivity contribution in [1.29, 1.82) is 0 Å². The maximum absolute atomic E-state index is 12.0. The molecule has 0 aromatic rings. The van der Waals surface area contributed by atoms with Gasteiger partial charge in [-0.15, -0.1) is 0 Å². The Morgan fingerprint density at radius 2 is 2.05 bits per heavy atom. The lowest BCUT2D eigenvalue weighted by Gasteiger charge is -2.26. The first-order valence-electron chi connectivity index (χ1n) is 7.77. The molecule has 0 bridgehead atoms. The van der Waals surface area contributed by atoms with Gasteiger partial charge < -0.3 is 19.7 Å². The van der Waals surface area contributed by atoms with Crippen molar-refractivity contribution >= 4 is 6.09 Å². The quantitative estimate of drug-likeness (QED) is 0.854. The van der Waals surface area contributed by atoms with Crippen molar-refractivity contribution in [1.82, 2.24) is 10.2 Å². The lowest BCUT2D eigenvalue weighted by Crippen LogP contribution is -2.40. The van der Waals surface area contributed by atoms with Crippen LogP contribution in [0.15, 0.2) is 0 Å². The highest BCUT2D eigenvalue weighted by Crippen LogP contribution is 2.45. The van der Waals surface area contributed by atoms with Gasteiger partial charge in [-0.2, -0.15) is 0 Å². The number of nitrogens with one attached hydrogen (secondary N) is 1. The molecule has 3 fully saturated rings. The first-order valence-corrected chi connectivity index (χ1v) is 7.77. The highest BCUT2D eigenvalue weighted by molar-refractivity contribution is 5.69. The fourth-order valence-corrected chi connectivity index (χ4v) is 3.38. The van der Waals surface area contributed by atoms with Crippen LogP contribution in [0.1, 0.15) is 33.6 Å². The molecule has 3 aliphatic rings. The third-order valence-corrected chi connectivity index (χ3v) is 4.45. The molecule has 1 N–H and O–H groups in total. The number of fused-ring (bicyclic) bond motifs is 1. The Labute approximate surface area is 121 Å². The molecule has 114 valence electrons. The van der Waals surface area contributed by atoms with Crippen molar-refractivity contribution in [3.63, 3.8) is 0 Å². The third-order valence-electron chi connectivity index (χ3n) is 4.45. The predicted octanol–water partition coefficient (Wildman–Crippen LogP) is 1.62. The normalized spacial score (nSPS) is 36.0. The number of amides is 1. The van der Waals surface area contributed by atoms with E-state index in [1.807, 2.05) is 25.7 Å². The summed E-state index contributed by atoms with van der Waals surface area (Å²) in [4.78, 5) is 13.8. The van der Waals surface area contributed by atoms with Gasteiger partial charge in [0.1, 0.15) is 5.60 Å². The number of likely N-dealkylation sites (tertiary alicyclic amines) is 1. The molecular weight excluding hydrogens is 256 g/mol. The molecule has 3 rings (SSSR count). The summed E-state index contributed by atoms with van der Waals surface area (Å²) >= 11 is 0. The Bertz CT molecular complexity index is 362. The summed E-state index contributed by atoms with van der Waals surface area (Å²) in [6.07, 6.45) is 2.61. The molecule has 20 heavy (non-hydrogen) atoms. The number of carbonyl (C=O) groups is 1. The monoisotopic (exact) mass is 282 g/mol. The molecule has 1 saturated carbocycles. The summed E-state index contributed by atoms with van der Waals surface area (Å²) in [5.74, 6) is 1.23. The largest absolute Gasteiger partial charge is 0.444 e. The SMILES string of the molecule is CC(C)(C)OC(=O)N1CC2C(C1)C2NCC1CCCO1. The number of rotatable bonds is 3. The molecule has 5 heteroatoms. The number of hydrogen-bond acceptors (Lipinski definition) is 4. The van der Waals surface area contributed by atoms with Gasteiger partial charge in [-0.3, -0.25) is 0 Å². The lowest BCUT2D eigenvalue weighted by molar-refractivity contribution is 0.0267. The van der Waals surface area contributed by atoms with Crippen molar-refractivity contribution in [2.45, 2.75) is 51.4 Å². The first kappa shape index (κ1) is 14.1. The molecule has 2 aliphatic heterocycles. The van der Waals surface area contributed by atoms with Gasteiger partial charge in [-0.25, -0.2) is 4.79 Å². The van der Waals surface area contributed by atoms with Crippen molar-refractivity contribution in [3.8, 4) is 0 Å². The second-order valence-electron chi connectivity index (χ2n) is 7.28. The lowest BCUT2D eigenvalue weighted by atomic mass is 10.2. The van der Waals surface area contributed by atoms with Crippen LogP contribution in [0, 0.1) is 11.8 Å². The third kappa shape index (κ3) is 3.09. The Morgan fingerprint density at radius 1 is 1.35 bits per heavy atom. The zero-order chi connectivity index (χ0) is 14.3. The minimum absolute atomic E-state index is 0.164. The molecule has 0 radical (unpaired) electrons. The van der Waals surface area contributed by atoms with E-state index >= 15 is 0 Å². The summed E-state index contributed by atoms with van der Waals surface area (Å²) in [6, 6.07) is 0.581. The molecule has 1 amide bonds. The van der Waals surface area contributed by atoms with Crippen LogP contribution in [-0.4, -0.2) is 55.0 Å². The standard InChI is InChI=1S/C15H26N2O3/c1-15(2,3)20-14(18)17-8-11-12(9-17)13(11)16-7-10-5-4-6-19-10/h10-13,16H,4-9H2,1-3H3. The summed E-state index contributed by atoms with van der Waals surface area (Å²) in [5, 5.41) is 3.60. The molecule has 2 heterocycles. The van der Waals surface area contributed by atoms with Crippen molar-refractivity contribution in [2.24, 2.45) is 11.8 Å². The van der Waals surface area contributed by atoms with Crippen LogP contribution in [0.2, 0.25) is 0 Å². The van der Waals surface area contributed by atoms with E-state index < -0.39 is 5.60 Å². The smallest absolute Gasteiger partial charge is 0.410 e. The molecule has 0 aromatic carbocycles. The van der Waals surface area contributed by atoms with Gasteiger partial charge in [0.05, 0.1) is 6.10 Å². The van der Waals surface area contributed by atoms with E-state index in [1.165, 1.54) is 12.8 Å². The Morgan fingerprint density at radius 3 is 2.60 bits per heavy atom. The topological polar surface area (TPSA) is 50.8 Å². The summed E-state index contributed by atoms with van der Waals surface area (Å²) in [6.45, 7) is 9.28. The van der Waals surface area contributed by atoms with Gasteiger partial charge in [0.2, 0.25) is 0 Å². The fourth-order valence-electron chi connectivity index (χ4n) is 3.38. The molecule has 0 spiro atoms. The van der Waals surface area contributed by atoms with E-state index in [2.05, 4.69) is 5.32 Å². The average Bonchev–Trinajstić information content (AvgIpc) is 2.78. The second kappa shape index (κ2) is 5.19. The molecule has 1 aliphatic carbocycles. The fraction of sp³-hybridized carbons (Fsp3) is 0.933. The average molecular weight is 282 g/mol. The van der Waals surface area contributed by atoms with Gasteiger partial charge in [0.15, 0.2) is 0 Å². The minimum Gasteiger partial charge on any atom is -0.444 e. The number of hydrogen-bond donors (Lipinski definition) is 1. The molecule has 3 atom stereocenters. The van der Waals surface area contributed by atoms with Crippen molar-refractivity contribution < 1.29 is 14.3 Å². The van der Waals surface area contributed by atoms with Crippen LogP contribution < -0.4 is 5.32 Å². The van der Waals surface area contributed by atoms with E-state index in [4.69, 9.17) is 9.47 Å². The van der Waals surface area contributed by atoms with Crippen LogP contribution in [-0.2, 0) is 9.47 Å². The number of ether oxygens (including phenoxy) is 2. The minimum atomic E-state index is -0.401. The van der Waals surface area contributed by atoms with E-state index in [-0.39, 0.29) is 6.09 Å². The van der Waals surface area contributed by atoms with Gasteiger partial charge in [0, 0.05) is 32.3 Å². The summed E-state index contributed by atoms with van der Waals surface area (Å²) < 4.78 is 11.0. The van der Waals surface area contributed by atoms with Crippen LogP contribution in [0.5, 0.6) is 0 Å². The molecule has 5 nitrogen and oxygen atoms in total. The highest BCUT2D eigenvalue weighted by Gasteiger charge is 2.57. The second-order valence-corrected chi connectivity index (χ2v) is 7.28. The van der Waals surface area contributed by atoms with Crippen LogP contribution in [0.25, 0.3) is 0 Å². The van der Waals surface area contributed by atoms with E-state index in [0.717, 1.165) is 26.2 Å². The zero-order valence-corrected chi connectivity index (χ0v) is 12.7. The van der Waals surface area contributed by atoms with Crippen LogP contribution in [0.3, 0.4) is 0 Å². The van der Waals surface area contributed by atoms with Gasteiger partial charge in [-0.05, 0) is 45.4 Å². The molecule has 0 aromatic heterocycles. The molecule has 2 saturated heterocycles. The van der Waals surface area contributed by atoms with Gasteiger partial charge >= 0.3 is 6.09 Å². The highest BCUT2D eigenvalue weighted by atomic mass is 16.6. The molecular formula is C15H26N2O3. The van der Waals surface area contributed by atoms with E-state index in [9.17, 15) is 4.79 Å². The van der Waals surface area contributed by atoms with Crippen molar-refractivity contribution in [3.05, 3.63) is 0 Å². The first-order chi connectivity index (χ1) is 9.44. The van der Waals surface area contributed by atoms with E-state index in [1.54, 1.807) is 0 Å². The zero-order valence-electron chi connectivity index (χ0n) is 12.7. The maximum atomic E-state index is 12.0. The van der Waals surface area contributed by atoms with Gasteiger partial charge in [0.25, 0.3) is 0 Å². The molecule has 3 unspecified atom stereocenters. The van der Waals surface area contributed by atoms with Crippen LogP contribution in [0.4, 0.5) is 4.79 Å².